The van der Waals surface area contributed by atoms with Crippen molar-refractivity contribution in [3.05, 3.63) is 29.6 Å². The molecule has 0 bridgehead atoms. The van der Waals surface area contributed by atoms with Gasteiger partial charge in [-0.2, -0.15) is 0 Å². The van der Waals surface area contributed by atoms with Crippen molar-refractivity contribution in [3.63, 3.8) is 0 Å². The first-order valence-corrected chi connectivity index (χ1v) is 3.64. The van der Waals surface area contributed by atoms with E-state index in [0.717, 1.165) is 12.4 Å². The van der Waals surface area contributed by atoms with Gasteiger partial charge in [-0.1, -0.05) is 0 Å². The Bertz CT molecular complexity index is 259. The van der Waals surface area contributed by atoms with Crippen LogP contribution >= 0.6 is 12.4 Å². The minimum absolute atomic E-state index is 0. The first-order chi connectivity index (χ1) is 5.61. The highest BCUT2D eigenvalue weighted by Crippen LogP contribution is 2.11. The van der Waals surface area contributed by atoms with Crippen LogP contribution in [-0.4, -0.2) is 11.0 Å². The van der Waals surface area contributed by atoms with Gasteiger partial charge in [0.05, 0.1) is 12.4 Å². The minimum atomic E-state index is -0.632. The molecular formula is C8H11ClF2N2. The van der Waals surface area contributed by atoms with Crippen molar-refractivity contribution in [1.82, 2.24) is 4.98 Å². The molecule has 1 heterocycles. The van der Waals surface area contributed by atoms with E-state index in [1.54, 1.807) is 6.92 Å². The molecule has 1 rings (SSSR count). The van der Waals surface area contributed by atoms with Gasteiger partial charge in [-0.25, -0.2) is 8.78 Å². The number of halogens is 3. The Morgan fingerprint density at radius 2 is 1.85 bits per heavy atom. The van der Waals surface area contributed by atoms with Gasteiger partial charge in [-0.05, 0) is 13.3 Å². The van der Waals surface area contributed by atoms with E-state index in [1.165, 1.54) is 0 Å². The van der Waals surface area contributed by atoms with E-state index in [9.17, 15) is 8.78 Å². The summed E-state index contributed by atoms with van der Waals surface area (Å²) < 4.78 is 25.7. The van der Waals surface area contributed by atoms with Gasteiger partial charge in [0.15, 0.2) is 0 Å². The van der Waals surface area contributed by atoms with Crippen LogP contribution in [0.3, 0.4) is 0 Å². The average molecular weight is 209 g/mol. The fraction of sp³-hybridized carbons (Fsp3) is 0.375. The van der Waals surface area contributed by atoms with E-state index in [4.69, 9.17) is 5.73 Å². The van der Waals surface area contributed by atoms with E-state index >= 15 is 0 Å². The first kappa shape index (κ1) is 12.3. The van der Waals surface area contributed by atoms with E-state index in [-0.39, 0.29) is 30.4 Å². The lowest BCUT2D eigenvalue weighted by molar-refractivity contribution is 0.533. The van der Waals surface area contributed by atoms with Crippen LogP contribution < -0.4 is 5.73 Å². The fourth-order valence-electron chi connectivity index (χ4n) is 0.955. The van der Waals surface area contributed by atoms with Crippen molar-refractivity contribution in [1.29, 1.82) is 0 Å². The SMILES string of the molecule is CC(N)Cc1c(F)cncc1F.Cl. The monoisotopic (exact) mass is 208 g/mol. The Morgan fingerprint density at radius 1 is 1.38 bits per heavy atom. The molecule has 0 fully saturated rings. The summed E-state index contributed by atoms with van der Waals surface area (Å²) in [4.78, 5) is 3.36. The zero-order valence-corrected chi connectivity index (χ0v) is 7.94. The molecule has 0 amide bonds. The maximum absolute atomic E-state index is 12.9. The lowest BCUT2D eigenvalue weighted by atomic mass is 10.1. The average Bonchev–Trinajstić information content (AvgIpc) is 1.97. The molecule has 1 unspecified atom stereocenters. The highest BCUT2D eigenvalue weighted by atomic mass is 35.5. The summed E-state index contributed by atoms with van der Waals surface area (Å²) in [5.41, 5.74) is 5.42. The summed E-state index contributed by atoms with van der Waals surface area (Å²) in [6.07, 6.45) is 2.17. The number of hydrogen-bond donors (Lipinski definition) is 1. The number of aromatic nitrogens is 1. The van der Waals surface area contributed by atoms with Crippen LogP contribution in [0.2, 0.25) is 0 Å². The zero-order chi connectivity index (χ0) is 9.14. The highest BCUT2D eigenvalue weighted by molar-refractivity contribution is 5.85. The van der Waals surface area contributed by atoms with Gasteiger partial charge in [-0.3, -0.25) is 4.98 Å². The maximum atomic E-state index is 12.9. The molecule has 0 aliphatic heterocycles. The van der Waals surface area contributed by atoms with Crippen molar-refractivity contribution in [2.45, 2.75) is 19.4 Å². The molecule has 1 aromatic rings. The standard InChI is InChI=1S/C8H10F2N2.ClH/c1-5(11)2-6-7(9)3-12-4-8(6)10;/h3-5H,2,11H2,1H3;1H. The molecule has 1 aromatic heterocycles. The number of nitrogens with zero attached hydrogens (tertiary/aromatic N) is 1. The third kappa shape index (κ3) is 3.24. The smallest absolute Gasteiger partial charge is 0.147 e. The normalized spacial score (nSPS) is 12.0. The van der Waals surface area contributed by atoms with Crippen LogP contribution in [0.15, 0.2) is 12.4 Å². The zero-order valence-electron chi connectivity index (χ0n) is 7.13. The lowest BCUT2D eigenvalue weighted by Gasteiger charge is -2.06. The highest BCUT2D eigenvalue weighted by Gasteiger charge is 2.10. The van der Waals surface area contributed by atoms with Gasteiger partial charge in [0, 0.05) is 11.6 Å². The number of rotatable bonds is 2. The fourth-order valence-corrected chi connectivity index (χ4v) is 0.955. The Balaban J connectivity index is 0.00000144. The third-order valence-electron chi connectivity index (χ3n) is 1.48. The molecule has 0 radical (unpaired) electrons. The second-order valence-electron chi connectivity index (χ2n) is 2.76. The molecule has 13 heavy (non-hydrogen) atoms. The van der Waals surface area contributed by atoms with Crippen LogP contribution in [0.4, 0.5) is 8.78 Å². The quantitative estimate of drug-likeness (QED) is 0.803. The molecule has 0 spiro atoms. The molecule has 1 atom stereocenters. The maximum Gasteiger partial charge on any atom is 0.147 e. The molecule has 74 valence electrons. The molecule has 0 aliphatic rings. The Labute approximate surface area is 81.6 Å². The van der Waals surface area contributed by atoms with Crippen LogP contribution in [0, 0.1) is 11.6 Å². The number of nitrogens with two attached hydrogens (primary N) is 1. The summed E-state index contributed by atoms with van der Waals surface area (Å²) >= 11 is 0. The predicted octanol–water partition coefficient (Wildman–Crippen LogP) is 1.67. The second kappa shape index (κ2) is 5.09. The van der Waals surface area contributed by atoms with E-state index in [0.29, 0.717) is 0 Å². The van der Waals surface area contributed by atoms with E-state index < -0.39 is 11.6 Å². The van der Waals surface area contributed by atoms with Crippen molar-refractivity contribution in [3.8, 4) is 0 Å². The Hall–Kier alpha value is -0.740. The molecule has 0 saturated heterocycles. The second-order valence-corrected chi connectivity index (χ2v) is 2.76. The summed E-state index contributed by atoms with van der Waals surface area (Å²) in [5.74, 6) is -1.26. The molecular weight excluding hydrogens is 198 g/mol. The minimum Gasteiger partial charge on any atom is -0.328 e. The third-order valence-corrected chi connectivity index (χ3v) is 1.48. The molecule has 0 aromatic carbocycles. The topological polar surface area (TPSA) is 38.9 Å². The van der Waals surface area contributed by atoms with Gasteiger partial charge < -0.3 is 5.73 Å². The number of hydrogen-bond acceptors (Lipinski definition) is 2. The van der Waals surface area contributed by atoms with Crippen LogP contribution in [0.5, 0.6) is 0 Å². The lowest BCUT2D eigenvalue weighted by Crippen LogP contribution is -2.19. The van der Waals surface area contributed by atoms with E-state index in [1.807, 2.05) is 0 Å². The predicted molar refractivity (Wildman–Crippen MR) is 48.8 cm³/mol. The van der Waals surface area contributed by atoms with Crippen LogP contribution in [0.1, 0.15) is 12.5 Å². The Kier molecular flexibility index (Phi) is 4.80. The van der Waals surface area contributed by atoms with Crippen molar-refractivity contribution in [2.75, 3.05) is 0 Å². The van der Waals surface area contributed by atoms with Gasteiger partial charge in [0.1, 0.15) is 11.6 Å². The first-order valence-electron chi connectivity index (χ1n) is 3.64. The van der Waals surface area contributed by atoms with E-state index in [2.05, 4.69) is 4.98 Å². The summed E-state index contributed by atoms with van der Waals surface area (Å²) in [6.45, 7) is 1.69. The molecule has 0 saturated carbocycles. The molecule has 2 N–H and O–H groups in total. The summed E-state index contributed by atoms with van der Waals surface area (Å²) in [7, 11) is 0. The van der Waals surface area contributed by atoms with Gasteiger partial charge in [-0.15, -0.1) is 12.4 Å². The van der Waals surface area contributed by atoms with Crippen LogP contribution in [-0.2, 0) is 6.42 Å². The van der Waals surface area contributed by atoms with Crippen molar-refractivity contribution in [2.24, 2.45) is 5.73 Å². The summed E-state index contributed by atoms with van der Waals surface area (Å²) in [6, 6.07) is -0.253. The number of pyridine rings is 1. The van der Waals surface area contributed by atoms with Crippen LogP contribution in [0.25, 0.3) is 0 Å². The summed E-state index contributed by atoms with van der Waals surface area (Å²) in [5, 5.41) is 0. The van der Waals surface area contributed by atoms with Crippen molar-refractivity contribution >= 4 is 12.4 Å². The molecule has 2 nitrogen and oxygen atoms in total. The largest absolute Gasteiger partial charge is 0.328 e. The molecule has 0 aliphatic carbocycles. The van der Waals surface area contributed by atoms with Gasteiger partial charge in [0.2, 0.25) is 0 Å². The Morgan fingerprint density at radius 3 is 2.23 bits per heavy atom. The van der Waals surface area contributed by atoms with Crippen molar-refractivity contribution < 1.29 is 8.78 Å². The van der Waals surface area contributed by atoms with Gasteiger partial charge in [0.25, 0.3) is 0 Å². The molecule has 5 heteroatoms. The van der Waals surface area contributed by atoms with Gasteiger partial charge >= 0.3 is 0 Å².